The average molecular weight is 735 g/mol. The number of hydrogen-bond donors (Lipinski definition) is 2. The average Bonchev–Trinajstić information content (AvgIpc) is 4.01. The number of fused-ring (bicyclic) bond motifs is 4. The van der Waals surface area contributed by atoms with E-state index >= 15 is 0 Å². The second-order valence-corrected chi connectivity index (χ2v) is 18.6. The van der Waals surface area contributed by atoms with Crippen molar-refractivity contribution in [1.29, 1.82) is 0 Å². The van der Waals surface area contributed by atoms with Gasteiger partial charge >= 0.3 is 11.9 Å². The lowest BCUT2D eigenvalue weighted by Gasteiger charge is -2.70. The van der Waals surface area contributed by atoms with Crippen molar-refractivity contribution in [1.82, 2.24) is 9.80 Å². The number of para-hydroxylation sites is 3. The van der Waals surface area contributed by atoms with Crippen molar-refractivity contribution in [3.8, 4) is 5.75 Å². The highest BCUT2D eigenvalue weighted by molar-refractivity contribution is 5.93. The Bertz CT molecular complexity index is 2040. The molecule has 11 atom stereocenters. The molecule has 2 aromatic rings. The molecule has 11 heteroatoms. The van der Waals surface area contributed by atoms with E-state index < -0.39 is 5.72 Å². The number of ether oxygens (including phenoxy) is 4. The molecule has 4 spiro atoms. The number of esters is 2. The Labute approximate surface area is 315 Å². The monoisotopic (exact) mass is 734 g/mol. The van der Waals surface area contributed by atoms with Crippen molar-refractivity contribution >= 4 is 23.3 Å². The fraction of sp³-hybridized carbons (Fsp3) is 0.628. The summed E-state index contributed by atoms with van der Waals surface area (Å²) in [6.45, 7) is 4.80. The Hall–Kier alpha value is -3.64. The highest BCUT2D eigenvalue weighted by Gasteiger charge is 2.78. The topological polar surface area (TPSA) is 113 Å². The number of nitrogens with one attached hydrogen (secondary N) is 1. The number of methoxy groups -OCH3 is 2. The maximum Gasteiger partial charge on any atom is 0.335 e. The van der Waals surface area contributed by atoms with Crippen LogP contribution >= 0.6 is 0 Å². The fourth-order valence-electron chi connectivity index (χ4n) is 15.6. The van der Waals surface area contributed by atoms with Gasteiger partial charge in [0.2, 0.25) is 0 Å². The lowest BCUT2D eigenvalue weighted by molar-refractivity contribution is -0.228. The predicted octanol–water partition coefficient (Wildman–Crippen LogP) is 4.05. The number of nitrogens with zero attached hydrogens (tertiary/aromatic N) is 3. The molecule has 8 aliphatic heterocycles. The zero-order valence-corrected chi connectivity index (χ0v) is 31.2. The first-order valence-corrected chi connectivity index (χ1v) is 20.3. The summed E-state index contributed by atoms with van der Waals surface area (Å²) in [5.41, 5.74) is 2.51. The molecular weight excluding hydrogens is 684 g/mol. The van der Waals surface area contributed by atoms with Crippen LogP contribution in [0.25, 0.3) is 0 Å². The van der Waals surface area contributed by atoms with Crippen molar-refractivity contribution in [2.45, 2.75) is 86.8 Å². The van der Waals surface area contributed by atoms with Crippen LogP contribution in [-0.2, 0) is 29.2 Å². The molecule has 0 amide bonds. The third kappa shape index (κ3) is 3.61. The maximum absolute atomic E-state index is 14.0. The number of benzene rings is 2. The van der Waals surface area contributed by atoms with Crippen LogP contribution in [0, 0.1) is 28.1 Å². The molecular formula is C43H50N4O7. The van der Waals surface area contributed by atoms with E-state index in [1.807, 2.05) is 12.1 Å². The summed E-state index contributed by atoms with van der Waals surface area (Å²) >= 11 is 0. The van der Waals surface area contributed by atoms with Gasteiger partial charge in [-0.1, -0.05) is 30.3 Å². The van der Waals surface area contributed by atoms with Crippen LogP contribution in [-0.4, -0.2) is 110 Å². The van der Waals surface area contributed by atoms with Gasteiger partial charge in [0.15, 0.2) is 0 Å². The van der Waals surface area contributed by atoms with Crippen LogP contribution < -0.4 is 15.0 Å². The number of carbonyl (C=O) groups is 2. The van der Waals surface area contributed by atoms with Crippen molar-refractivity contribution in [3.05, 3.63) is 65.4 Å². The van der Waals surface area contributed by atoms with Crippen LogP contribution in [0.1, 0.15) is 56.9 Å². The molecule has 0 bridgehead atoms. The van der Waals surface area contributed by atoms with Crippen molar-refractivity contribution in [2.24, 2.45) is 28.1 Å². The van der Waals surface area contributed by atoms with E-state index in [0.29, 0.717) is 26.0 Å². The Kier molecular flexibility index (Phi) is 6.40. The van der Waals surface area contributed by atoms with Crippen molar-refractivity contribution in [3.63, 3.8) is 0 Å². The Morgan fingerprint density at radius 2 is 1.78 bits per heavy atom. The number of hydrogen-bond acceptors (Lipinski definition) is 11. The molecule has 8 heterocycles. The van der Waals surface area contributed by atoms with Gasteiger partial charge in [-0.2, -0.15) is 0 Å². The molecule has 2 N–H and O–H groups in total. The minimum atomic E-state index is -1.15. The first kappa shape index (κ1) is 32.6. The third-order valence-corrected chi connectivity index (χ3v) is 16.8. The molecule has 8 fully saturated rings. The SMILES string of the molecule is COC(=O)C1=C2Nc3ccccc3[C@@]23CCN2C[C@]4(CC5C[C@]67CC(=O)O[C@H]6CCN6CC[C@@H](C67)[C@@]5(O)N(c5ccccc5OC)C4)[C@@H]4OCC[C@]4(C1)C23. The van der Waals surface area contributed by atoms with Crippen LogP contribution in [0.5, 0.6) is 5.75 Å². The van der Waals surface area contributed by atoms with E-state index in [0.717, 1.165) is 93.1 Å². The zero-order valence-electron chi connectivity index (χ0n) is 31.2. The standard InChI is InChI=1S/C43H50N4O7/c1-51-31-10-6-5-9-30(31)47-24-39(19-25-20-41-22-33(48)54-32(41)12-16-45-15-11-28(35(41)45)43(25,47)50)23-46-17-13-42-27-7-3-4-8-29(27)44-34(42)26(36(49)52-2)21-40(37(42)46)14-18-53-38(39)40/h3-10,25,28,32,35,37-38,44,50H,11-24H2,1-2H3/t25?,28-,32-,35?,37?,38-,39-,40-,41-,42-,43+/m0/s1. The fourth-order valence-corrected chi connectivity index (χ4v) is 15.6. The highest BCUT2D eigenvalue weighted by atomic mass is 16.6. The van der Waals surface area contributed by atoms with E-state index in [1.54, 1.807) is 7.11 Å². The summed E-state index contributed by atoms with van der Waals surface area (Å²) in [4.78, 5) is 34.9. The van der Waals surface area contributed by atoms with E-state index in [2.05, 4.69) is 56.4 Å². The lowest BCUT2D eigenvalue weighted by Crippen LogP contribution is -2.79. The summed E-state index contributed by atoms with van der Waals surface area (Å²) < 4.78 is 25.0. The van der Waals surface area contributed by atoms with Gasteiger partial charge in [-0.25, -0.2) is 4.79 Å². The minimum absolute atomic E-state index is 0.0483. The van der Waals surface area contributed by atoms with E-state index in [1.165, 1.54) is 12.7 Å². The second-order valence-electron chi connectivity index (χ2n) is 18.6. The van der Waals surface area contributed by atoms with E-state index in [9.17, 15) is 14.7 Å². The first-order valence-electron chi connectivity index (χ1n) is 20.3. The molecule has 284 valence electrons. The number of rotatable bonds is 3. The third-order valence-electron chi connectivity index (χ3n) is 16.8. The zero-order chi connectivity index (χ0) is 36.4. The molecule has 1 saturated carbocycles. The highest BCUT2D eigenvalue weighted by Crippen LogP contribution is 2.73. The number of piperidine rings is 3. The largest absolute Gasteiger partial charge is 0.495 e. The van der Waals surface area contributed by atoms with Gasteiger partial charge in [0, 0.05) is 77.8 Å². The van der Waals surface area contributed by atoms with Gasteiger partial charge in [-0.15, -0.1) is 0 Å². The van der Waals surface area contributed by atoms with E-state index in [4.69, 9.17) is 18.9 Å². The number of aliphatic hydroxyl groups is 1. The van der Waals surface area contributed by atoms with Crippen molar-refractivity contribution < 1.29 is 33.6 Å². The van der Waals surface area contributed by atoms with Gasteiger partial charge in [-0.3, -0.25) is 14.6 Å². The van der Waals surface area contributed by atoms with Gasteiger partial charge in [0.1, 0.15) is 17.6 Å². The van der Waals surface area contributed by atoms with Gasteiger partial charge in [-0.05, 0) is 81.8 Å². The molecule has 0 aromatic heterocycles. The van der Waals surface area contributed by atoms with Crippen LogP contribution in [0.15, 0.2) is 59.8 Å². The molecule has 54 heavy (non-hydrogen) atoms. The molecule has 7 saturated heterocycles. The van der Waals surface area contributed by atoms with Gasteiger partial charge in [0.05, 0.1) is 43.4 Å². The lowest BCUT2D eigenvalue weighted by atomic mass is 9.45. The molecule has 2 aromatic carbocycles. The van der Waals surface area contributed by atoms with Crippen LogP contribution in [0.2, 0.25) is 0 Å². The Morgan fingerprint density at radius 3 is 2.65 bits per heavy atom. The maximum atomic E-state index is 14.0. The summed E-state index contributed by atoms with van der Waals surface area (Å²) in [5.74, 6) is 0.225. The Balaban J connectivity index is 1.05. The molecule has 3 unspecified atom stereocenters. The van der Waals surface area contributed by atoms with Crippen molar-refractivity contribution in [2.75, 3.05) is 63.8 Å². The van der Waals surface area contributed by atoms with Gasteiger partial charge < -0.3 is 34.3 Å². The number of anilines is 2. The molecule has 12 rings (SSSR count). The molecule has 11 nitrogen and oxygen atoms in total. The molecule has 10 aliphatic rings. The quantitative estimate of drug-likeness (QED) is 0.446. The van der Waals surface area contributed by atoms with E-state index in [-0.39, 0.29) is 69.7 Å². The smallest absolute Gasteiger partial charge is 0.335 e. The second kappa shape index (κ2) is 10.6. The predicted molar refractivity (Wildman–Crippen MR) is 198 cm³/mol. The summed E-state index contributed by atoms with van der Waals surface area (Å²) in [7, 11) is 3.22. The first-order chi connectivity index (χ1) is 26.2. The normalized spacial score (nSPS) is 45.1. The summed E-state index contributed by atoms with van der Waals surface area (Å²) in [6.07, 6.45) is 5.75. The van der Waals surface area contributed by atoms with Gasteiger partial charge in [0.25, 0.3) is 0 Å². The minimum Gasteiger partial charge on any atom is -0.495 e. The molecule has 2 aliphatic carbocycles. The Morgan fingerprint density at radius 1 is 0.944 bits per heavy atom. The molecule has 0 radical (unpaired) electrons. The van der Waals surface area contributed by atoms with Crippen LogP contribution in [0.4, 0.5) is 11.4 Å². The van der Waals surface area contributed by atoms with Crippen LogP contribution in [0.3, 0.4) is 0 Å². The number of carbonyl (C=O) groups excluding carboxylic acids is 2. The summed E-state index contributed by atoms with van der Waals surface area (Å²) in [5, 5.41) is 17.6. The summed E-state index contributed by atoms with van der Waals surface area (Å²) in [6, 6.07) is 17.0.